The van der Waals surface area contributed by atoms with Gasteiger partial charge in [-0.3, -0.25) is 4.79 Å². The molecule has 0 spiro atoms. The number of likely N-dealkylation sites (N-methyl/N-ethyl adjacent to an activating group) is 1. The highest BCUT2D eigenvalue weighted by molar-refractivity contribution is 7.80. The molecule has 0 fully saturated rings. The molecule has 0 aromatic heterocycles. The minimum atomic E-state index is -0.234. The van der Waals surface area contributed by atoms with Gasteiger partial charge in [0.05, 0.1) is 11.6 Å². The van der Waals surface area contributed by atoms with Crippen molar-refractivity contribution in [3.63, 3.8) is 0 Å². The van der Waals surface area contributed by atoms with Gasteiger partial charge in [0.1, 0.15) is 0 Å². The van der Waals surface area contributed by atoms with Gasteiger partial charge in [0.15, 0.2) is 5.11 Å². The molecule has 0 saturated carbocycles. The van der Waals surface area contributed by atoms with E-state index in [4.69, 9.17) is 12.2 Å². The van der Waals surface area contributed by atoms with Gasteiger partial charge in [0, 0.05) is 37.6 Å². The van der Waals surface area contributed by atoms with E-state index in [1.165, 1.54) is 5.69 Å². The first kappa shape index (κ1) is 20.2. The molecular formula is C20H30N4OS. The van der Waals surface area contributed by atoms with Gasteiger partial charge in [-0.25, -0.2) is 0 Å². The number of carbonyl (C=O) groups excluding carboxylic acids is 1. The number of nitrogens with zero attached hydrogens (tertiary/aromatic N) is 2. The Kier molecular flexibility index (Phi) is 7.03. The lowest BCUT2D eigenvalue weighted by atomic mass is 9.94. The van der Waals surface area contributed by atoms with E-state index in [0.29, 0.717) is 18.2 Å². The standard InChI is InChI=1S/C20H30N4OS/c1-6-23(7-2)16-12-10-15(11-13-16)18-17(14(5)21-20(26)22-18)19(25)24(8-3)9-4/h10-13,18H,6-9H2,1-5H3,(H2,21,22,26)/t18-/m1/s1. The van der Waals surface area contributed by atoms with E-state index in [9.17, 15) is 4.79 Å². The molecule has 5 nitrogen and oxygen atoms in total. The molecule has 2 rings (SSSR count). The highest BCUT2D eigenvalue weighted by Crippen LogP contribution is 2.29. The molecule has 0 bridgehead atoms. The number of allylic oxidation sites excluding steroid dienone is 1. The van der Waals surface area contributed by atoms with Crippen LogP contribution in [0.1, 0.15) is 46.2 Å². The average Bonchev–Trinajstić information content (AvgIpc) is 2.63. The van der Waals surface area contributed by atoms with Gasteiger partial charge in [-0.2, -0.15) is 0 Å². The van der Waals surface area contributed by atoms with Crippen LogP contribution in [0.5, 0.6) is 0 Å². The number of benzene rings is 1. The maximum atomic E-state index is 13.1. The van der Waals surface area contributed by atoms with Crippen LogP contribution in [-0.2, 0) is 4.79 Å². The van der Waals surface area contributed by atoms with Crippen LogP contribution in [0.2, 0.25) is 0 Å². The summed E-state index contributed by atoms with van der Waals surface area (Å²) in [4.78, 5) is 17.2. The largest absolute Gasteiger partial charge is 0.372 e. The minimum Gasteiger partial charge on any atom is -0.372 e. The summed E-state index contributed by atoms with van der Waals surface area (Å²) in [5.41, 5.74) is 3.79. The molecule has 1 atom stereocenters. The molecule has 1 aromatic rings. The van der Waals surface area contributed by atoms with E-state index in [0.717, 1.165) is 29.9 Å². The van der Waals surface area contributed by atoms with Gasteiger partial charge < -0.3 is 20.4 Å². The number of anilines is 1. The molecule has 2 N–H and O–H groups in total. The summed E-state index contributed by atoms with van der Waals surface area (Å²) >= 11 is 5.34. The monoisotopic (exact) mass is 374 g/mol. The van der Waals surface area contributed by atoms with Gasteiger partial charge in [-0.05, 0) is 64.5 Å². The van der Waals surface area contributed by atoms with Crippen LogP contribution in [0.15, 0.2) is 35.5 Å². The molecule has 142 valence electrons. The maximum absolute atomic E-state index is 13.1. The molecule has 1 aliphatic heterocycles. The fourth-order valence-corrected chi connectivity index (χ4v) is 3.65. The van der Waals surface area contributed by atoms with Crippen molar-refractivity contribution in [3.05, 3.63) is 41.1 Å². The molecule has 1 aromatic carbocycles. The molecular weight excluding hydrogens is 344 g/mol. The first-order valence-corrected chi connectivity index (χ1v) is 9.79. The highest BCUT2D eigenvalue weighted by atomic mass is 32.1. The Morgan fingerprint density at radius 1 is 1.04 bits per heavy atom. The van der Waals surface area contributed by atoms with Gasteiger partial charge in [-0.15, -0.1) is 0 Å². The Morgan fingerprint density at radius 2 is 1.62 bits per heavy atom. The third-order valence-corrected chi connectivity index (χ3v) is 5.13. The zero-order valence-electron chi connectivity index (χ0n) is 16.4. The predicted molar refractivity (Wildman–Crippen MR) is 112 cm³/mol. The van der Waals surface area contributed by atoms with Crippen molar-refractivity contribution in [1.82, 2.24) is 15.5 Å². The van der Waals surface area contributed by atoms with Crippen molar-refractivity contribution in [3.8, 4) is 0 Å². The molecule has 0 unspecified atom stereocenters. The third-order valence-electron chi connectivity index (χ3n) is 4.91. The lowest BCUT2D eigenvalue weighted by Crippen LogP contribution is -2.47. The van der Waals surface area contributed by atoms with Gasteiger partial charge in [0.25, 0.3) is 5.91 Å². The van der Waals surface area contributed by atoms with E-state index >= 15 is 0 Å². The van der Waals surface area contributed by atoms with Gasteiger partial charge in [0.2, 0.25) is 0 Å². The maximum Gasteiger partial charge on any atom is 0.253 e. The number of nitrogens with one attached hydrogen (secondary N) is 2. The van der Waals surface area contributed by atoms with Crippen LogP contribution in [0.3, 0.4) is 0 Å². The topological polar surface area (TPSA) is 47.6 Å². The number of carbonyl (C=O) groups is 1. The number of thiocarbonyl (C=S) groups is 1. The van der Waals surface area contributed by atoms with E-state index in [2.05, 4.69) is 53.6 Å². The summed E-state index contributed by atoms with van der Waals surface area (Å²) in [6.07, 6.45) is 0. The zero-order valence-corrected chi connectivity index (χ0v) is 17.2. The Labute approximate surface area is 162 Å². The fourth-order valence-electron chi connectivity index (χ4n) is 3.37. The van der Waals surface area contributed by atoms with Crippen molar-refractivity contribution < 1.29 is 4.79 Å². The van der Waals surface area contributed by atoms with Gasteiger partial charge in [-0.1, -0.05) is 12.1 Å². The SMILES string of the molecule is CCN(CC)C(=O)C1=C(C)NC(=S)N[C@@H]1c1ccc(N(CC)CC)cc1. The van der Waals surface area contributed by atoms with Crippen molar-refractivity contribution in [2.45, 2.75) is 40.7 Å². The Morgan fingerprint density at radius 3 is 2.12 bits per heavy atom. The summed E-state index contributed by atoms with van der Waals surface area (Å²) in [5, 5.41) is 6.93. The van der Waals surface area contributed by atoms with Crippen LogP contribution in [0, 0.1) is 0 Å². The second kappa shape index (κ2) is 9.03. The van der Waals surface area contributed by atoms with Crippen LogP contribution >= 0.6 is 12.2 Å². The second-order valence-electron chi connectivity index (χ2n) is 6.31. The highest BCUT2D eigenvalue weighted by Gasteiger charge is 2.31. The molecule has 0 radical (unpaired) electrons. The zero-order chi connectivity index (χ0) is 19.3. The van der Waals surface area contributed by atoms with Crippen molar-refractivity contribution in [1.29, 1.82) is 0 Å². The second-order valence-corrected chi connectivity index (χ2v) is 6.72. The Bertz CT molecular complexity index is 676. The van der Waals surface area contributed by atoms with Crippen molar-refractivity contribution in [2.75, 3.05) is 31.1 Å². The number of hydrogen-bond donors (Lipinski definition) is 2. The van der Waals surface area contributed by atoms with E-state index in [-0.39, 0.29) is 11.9 Å². The molecule has 1 aliphatic rings. The van der Waals surface area contributed by atoms with Crippen LogP contribution in [-0.4, -0.2) is 42.1 Å². The molecule has 6 heteroatoms. The van der Waals surface area contributed by atoms with E-state index in [1.54, 1.807) is 0 Å². The van der Waals surface area contributed by atoms with Crippen LogP contribution in [0.4, 0.5) is 5.69 Å². The summed E-state index contributed by atoms with van der Waals surface area (Å²) in [5.74, 6) is 0.0489. The van der Waals surface area contributed by atoms with E-state index < -0.39 is 0 Å². The summed E-state index contributed by atoms with van der Waals surface area (Å²) in [7, 11) is 0. The fraction of sp³-hybridized carbons (Fsp3) is 0.500. The summed E-state index contributed by atoms with van der Waals surface area (Å²) < 4.78 is 0. The average molecular weight is 375 g/mol. The van der Waals surface area contributed by atoms with Crippen LogP contribution in [0.25, 0.3) is 0 Å². The smallest absolute Gasteiger partial charge is 0.253 e. The molecule has 0 aliphatic carbocycles. The minimum absolute atomic E-state index is 0.0489. The molecule has 26 heavy (non-hydrogen) atoms. The summed E-state index contributed by atoms with van der Waals surface area (Å²) in [6, 6.07) is 8.17. The quantitative estimate of drug-likeness (QED) is 0.718. The number of amides is 1. The number of hydrogen-bond acceptors (Lipinski definition) is 3. The number of rotatable bonds is 7. The Hall–Kier alpha value is -2.08. The van der Waals surface area contributed by atoms with Crippen molar-refractivity contribution >= 4 is 28.9 Å². The van der Waals surface area contributed by atoms with E-state index in [1.807, 2.05) is 25.7 Å². The van der Waals surface area contributed by atoms with Crippen LogP contribution < -0.4 is 15.5 Å². The first-order chi connectivity index (χ1) is 12.5. The lowest BCUT2D eigenvalue weighted by Gasteiger charge is -2.33. The first-order valence-electron chi connectivity index (χ1n) is 9.39. The third kappa shape index (κ3) is 4.18. The predicted octanol–water partition coefficient (Wildman–Crippen LogP) is 3.19. The molecule has 0 saturated heterocycles. The van der Waals surface area contributed by atoms with Gasteiger partial charge >= 0.3 is 0 Å². The Balaban J connectivity index is 2.39. The molecule has 1 heterocycles. The molecule has 1 amide bonds. The lowest BCUT2D eigenvalue weighted by molar-refractivity contribution is -0.127. The normalized spacial score (nSPS) is 16.8. The van der Waals surface area contributed by atoms with Crippen molar-refractivity contribution in [2.24, 2.45) is 0 Å². The summed E-state index contributed by atoms with van der Waals surface area (Å²) in [6.45, 7) is 13.5.